The van der Waals surface area contributed by atoms with E-state index in [1.165, 1.54) is 19.4 Å². The van der Waals surface area contributed by atoms with E-state index in [4.69, 9.17) is 0 Å². The van der Waals surface area contributed by atoms with Gasteiger partial charge >= 0.3 is 0 Å². The van der Waals surface area contributed by atoms with Crippen molar-refractivity contribution in [1.82, 2.24) is 10.2 Å². The highest BCUT2D eigenvalue weighted by Crippen LogP contribution is 2.05. The molecule has 1 unspecified atom stereocenters. The first-order valence-electron chi connectivity index (χ1n) is 5.48. The van der Waals surface area contributed by atoms with Crippen LogP contribution in [0.4, 0.5) is 0 Å². The van der Waals surface area contributed by atoms with E-state index in [1.54, 1.807) is 0 Å². The SMILES string of the molecule is CCC(CC)CNC(C)CN(C)C. The molecule has 0 aliphatic rings. The predicted molar refractivity (Wildman–Crippen MR) is 60.1 cm³/mol. The van der Waals surface area contributed by atoms with Crippen LogP contribution in [0.15, 0.2) is 0 Å². The third kappa shape index (κ3) is 7.03. The molecule has 0 aromatic rings. The molecule has 13 heavy (non-hydrogen) atoms. The van der Waals surface area contributed by atoms with Crippen molar-refractivity contribution in [1.29, 1.82) is 0 Å². The van der Waals surface area contributed by atoms with E-state index in [9.17, 15) is 0 Å². The molecule has 0 saturated carbocycles. The van der Waals surface area contributed by atoms with Crippen LogP contribution in [-0.4, -0.2) is 38.1 Å². The highest BCUT2D eigenvalue weighted by molar-refractivity contribution is 4.66. The normalized spacial score (nSPS) is 14.1. The van der Waals surface area contributed by atoms with Crippen molar-refractivity contribution in [3.8, 4) is 0 Å². The molecule has 0 fully saturated rings. The van der Waals surface area contributed by atoms with Gasteiger partial charge in [-0.15, -0.1) is 0 Å². The Morgan fingerprint density at radius 3 is 2.08 bits per heavy atom. The molecule has 0 bridgehead atoms. The number of likely N-dealkylation sites (N-methyl/N-ethyl adjacent to an activating group) is 1. The van der Waals surface area contributed by atoms with Gasteiger partial charge in [0.15, 0.2) is 0 Å². The van der Waals surface area contributed by atoms with Gasteiger partial charge in [-0.3, -0.25) is 0 Å². The van der Waals surface area contributed by atoms with Crippen molar-refractivity contribution in [3.63, 3.8) is 0 Å². The van der Waals surface area contributed by atoms with E-state index in [0.29, 0.717) is 6.04 Å². The first-order chi connectivity index (χ1) is 6.10. The molecule has 2 nitrogen and oxygen atoms in total. The molecule has 2 heteroatoms. The summed E-state index contributed by atoms with van der Waals surface area (Å²) in [4.78, 5) is 2.23. The van der Waals surface area contributed by atoms with Crippen LogP contribution < -0.4 is 5.32 Å². The average Bonchev–Trinajstić information content (AvgIpc) is 2.05. The molecule has 0 heterocycles. The fourth-order valence-corrected chi connectivity index (χ4v) is 1.56. The van der Waals surface area contributed by atoms with Gasteiger partial charge in [0.05, 0.1) is 0 Å². The fourth-order valence-electron chi connectivity index (χ4n) is 1.56. The number of nitrogens with one attached hydrogen (secondary N) is 1. The van der Waals surface area contributed by atoms with E-state index < -0.39 is 0 Å². The van der Waals surface area contributed by atoms with Crippen molar-refractivity contribution < 1.29 is 0 Å². The Labute approximate surface area is 83.7 Å². The van der Waals surface area contributed by atoms with Crippen molar-refractivity contribution in [2.24, 2.45) is 5.92 Å². The van der Waals surface area contributed by atoms with Crippen LogP contribution in [0.1, 0.15) is 33.6 Å². The Balaban J connectivity index is 3.49. The van der Waals surface area contributed by atoms with Crippen LogP contribution in [0.3, 0.4) is 0 Å². The first-order valence-corrected chi connectivity index (χ1v) is 5.48. The maximum absolute atomic E-state index is 3.57. The fraction of sp³-hybridized carbons (Fsp3) is 1.00. The molecule has 80 valence electrons. The van der Waals surface area contributed by atoms with Gasteiger partial charge in [-0.2, -0.15) is 0 Å². The summed E-state index contributed by atoms with van der Waals surface area (Å²) in [5.74, 6) is 0.851. The molecule has 0 amide bonds. The number of nitrogens with zero attached hydrogens (tertiary/aromatic N) is 1. The van der Waals surface area contributed by atoms with Gasteiger partial charge in [0.1, 0.15) is 0 Å². The molecule has 0 radical (unpaired) electrons. The van der Waals surface area contributed by atoms with Crippen LogP contribution in [0.2, 0.25) is 0 Å². The summed E-state index contributed by atoms with van der Waals surface area (Å²) in [5.41, 5.74) is 0. The first kappa shape index (κ1) is 12.9. The third-order valence-electron chi connectivity index (χ3n) is 2.55. The molecule has 0 saturated heterocycles. The Bertz CT molecular complexity index is 109. The Hall–Kier alpha value is -0.0800. The Kier molecular flexibility index (Phi) is 7.29. The monoisotopic (exact) mass is 186 g/mol. The summed E-state index contributed by atoms with van der Waals surface area (Å²) < 4.78 is 0. The molecule has 0 aromatic carbocycles. The largest absolute Gasteiger partial charge is 0.313 e. The predicted octanol–water partition coefficient (Wildman–Crippen LogP) is 1.96. The highest BCUT2D eigenvalue weighted by Gasteiger charge is 2.06. The lowest BCUT2D eigenvalue weighted by atomic mass is 10.0. The van der Waals surface area contributed by atoms with E-state index in [0.717, 1.165) is 12.5 Å². The van der Waals surface area contributed by atoms with Gasteiger partial charge in [-0.1, -0.05) is 26.7 Å². The molecule has 1 N–H and O–H groups in total. The van der Waals surface area contributed by atoms with E-state index in [1.807, 2.05) is 0 Å². The van der Waals surface area contributed by atoms with Crippen LogP contribution in [0.5, 0.6) is 0 Å². The van der Waals surface area contributed by atoms with Gasteiger partial charge in [0, 0.05) is 12.6 Å². The molecular weight excluding hydrogens is 160 g/mol. The zero-order valence-corrected chi connectivity index (χ0v) is 9.93. The molecule has 0 aliphatic carbocycles. The van der Waals surface area contributed by atoms with E-state index in [-0.39, 0.29) is 0 Å². The quantitative estimate of drug-likeness (QED) is 0.654. The Morgan fingerprint density at radius 2 is 1.69 bits per heavy atom. The average molecular weight is 186 g/mol. The van der Waals surface area contributed by atoms with Crippen molar-refractivity contribution >= 4 is 0 Å². The maximum Gasteiger partial charge on any atom is 0.0166 e. The second-order valence-corrected chi connectivity index (χ2v) is 4.25. The summed E-state index contributed by atoms with van der Waals surface area (Å²) in [6, 6.07) is 0.607. The number of rotatable bonds is 7. The lowest BCUT2D eigenvalue weighted by molar-refractivity contribution is 0.330. The number of hydrogen-bond acceptors (Lipinski definition) is 2. The van der Waals surface area contributed by atoms with Crippen molar-refractivity contribution in [2.75, 3.05) is 27.2 Å². The zero-order chi connectivity index (χ0) is 10.3. The molecule has 0 aromatic heterocycles. The van der Waals surface area contributed by atoms with Gasteiger partial charge in [0.2, 0.25) is 0 Å². The topological polar surface area (TPSA) is 15.3 Å². The van der Waals surface area contributed by atoms with Gasteiger partial charge in [0.25, 0.3) is 0 Å². The van der Waals surface area contributed by atoms with Gasteiger partial charge in [-0.05, 0) is 33.5 Å². The maximum atomic E-state index is 3.57. The smallest absolute Gasteiger partial charge is 0.0166 e. The lowest BCUT2D eigenvalue weighted by Crippen LogP contribution is -2.38. The van der Waals surface area contributed by atoms with Crippen LogP contribution >= 0.6 is 0 Å². The molecule has 1 atom stereocenters. The Morgan fingerprint density at radius 1 is 1.15 bits per heavy atom. The third-order valence-corrected chi connectivity index (χ3v) is 2.55. The highest BCUT2D eigenvalue weighted by atomic mass is 15.1. The van der Waals surface area contributed by atoms with Crippen LogP contribution in [-0.2, 0) is 0 Å². The molecule has 0 rings (SSSR count). The number of hydrogen-bond donors (Lipinski definition) is 1. The second-order valence-electron chi connectivity index (χ2n) is 4.25. The van der Waals surface area contributed by atoms with Crippen molar-refractivity contribution in [3.05, 3.63) is 0 Å². The lowest BCUT2D eigenvalue weighted by Gasteiger charge is -2.21. The second kappa shape index (κ2) is 7.34. The van der Waals surface area contributed by atoms with Crippen molar-refractivity contribution in [2.45, 2.75) is 39.7 Å². The minimum atomic E-state index is 0.607. The standard InChI is InChI=1S/C11H26N2/c1-6-11(7-2)8-12-10(3)9-13(4)5/h10-12H,6-9H2,1-5H3. The van der Waals surface area contributed by atoms with Gasteiger partial charge in [-0.25, -0.2) is 0 Å². The van der Waals surface area contributed by atoms with Crippen LogP contribution in [0, 0.1) is 5.92 Å². The molecule has 0 aliphatic heterocycles. The van der Waals surface area contributed by atoms with Gasteiger partial charge < -0.3 is 10.2 Å². The molecular formula is C11H26N2. The minimum Gasteiger partial charge on any atom is -0.313 e. The van der Waals surface area contributed by atoms with E-state index in [2.05, 4.69) is 45.1 Å². The van der Waals surface area contributed by atoms with E-state index >= 15 is 0 Å². The summed E-state index contributed by atoms with van der Waals surface area (Å²) in [5, 5.41) is 3.57. The zero-order valence-electron chi connectivity index (χ0n) is 9.93. The molecule has 0 spiro atoms. The summed E-state index contributed by atoms with van der Waals surface area (Å²) >= 11 is 0. The minimum absolute atomic E-state index is 0.607. The summed E-state index contributed by atoms with van der Waals surface area (Å²) in [7, 11) is 4.24. The summed E-state index contributed by atoms with van der Waals surface area (Å²) in [6.07, 6.45) is 2.58. The van der Waals surface area contributed by atoms with Crippen LogP contribution in [0.25, 0.3) is 0 Å². The summed E-state index contributed by atoms with van der Waals surface area (Å²) in [6.45, 7) is 9.09.